The van der Waals surface area contributed by atoms with Gasteiger partial charge in [0.15, 0.2) is 0 Å². The van der Waals surface area contributed by atoms with Gasteiger partial charge in [-0.05, 0) is 50.3 Å². The summed E-state index contributed by atoms with van der Waals surface area (Å²) < 4.78 is 11.4. The first kappa shape index (κ1) is 19.9. The van der Waals surface area contributed by atoms with Crippen molar-refractivity contribution in [3.05, 3.63) is 60.2 Å². The van der Waals surface area contributed by atoms with Crippen LogP contribution in [0, 0.1) is 0 Å². The average molecular weight is 370 g/mol. The fourth-order valence-electron chi connectivity index (χ4n) is 3.85. The highest BCUT2D eigenvalue weighted by atomic mass is 16.5. The van der Waals surface area contributed by atoms with E-state index < -0.39 is 5.72 Å². The molecule has 0 aromatic heterocycles. The van der Waals surface area contributed by atoms with E-state index in [0.29, 0.717) is 6.42 Å². The van der Waals surface area contributed by atoms with Crippen LogP contribution in [0.2, 0.25) is 0 Å². The van der Waals surface area contributed by atoms with Crippen molar-refractivity contribution in [1.82, 2.24) is 4.90 Å². The van der Waals surface area contributed by atoms with Crippen LogP contribution in [0.25, 0.3) is 0 Å². The second-order valence-electron chi connectivity index (χ2n) is 7.23. The zero-order valence-corrected chi connectivity index (χ0v) is 16.3. The summed E-state index contributed by atoms with van der Waals surface area (Å²) in [5, 5.41) is 11.9. The summed E-state index contributed by atoms with van der Waals surface area (Å²) in [6, 6.07) is 17.7. The molecule has 1 saturated heterocycles. The molecule has 0 radical (unpaired) electrons. The van der Waals surface area contributed by atoms with Crippen molar-refractivity contribution in [3.8, 4) is 11.5 Å². The number of benzene rings is 2. The lowest BCUT2D eigenvalue weighted by Gasteiger charge is -2.43. The molecule has 0 bridgehead atoms. The monoisotopic (exact) mass is 369 g/mol. The molecule has 2 aromatic rings. The molecule has 0 aliphatic carbocycles. The highest BCUT2D eigenvalue weighted by molar-refractivity contribution is 5.41. The van der Waals surface area contributed by atoms with Gasteiger partial charge in [0.25, 0.3) is 0 Å². The minimum absolute atomic E-state index is 0.672. The van der Waals surface area contributed by atoms with Crippen LogP contribution < -0.4 is 4.74 Å². The number of rotatable bonds is 9. The number of unbranched alkanes of at least 4 members (excludes halogenated alkanes) is 1. The van der Waals surface area contributed by atoms with Gasteiger partial charge >= 0.3 is 0 Å². The normalized spacial score (nSPS) is 17.4. The van der Waals surface area contributed by atoms with Gasteiger partial charge in [-0.1, -0.05) is 42.8 Å². The van der Waals surface area contributed by atoms with Gasteiger partial charge in [0.05, 0.1) is 0 Å². The maximum Gasteiger partial charge on any atom is 0.148 e. The number of aliphatic hydroxyl groups is 1. The minimum atomic E-state index is -1.01. The molecule has 1 atom stereocenters. The molecule has 1 heterocycles. The van der Waals surface area contributed by atoms with E-state index in [1.54, 1.807) is 7.11 Å². The number of piperidine rings is 1. The quantitative estimate of drug-likeness (QED) is 0.637. The Kier molecular flexibility index (Phi) is 7.27. The Bertz CT molecular complexity index is 685. The fourth-order valence-corrected chi connectivity index (χ4v) is 3.85. The van der Waals surface area contributed by atoms with Crippen molar-refractivity contribution in [2.45, 2.75) is 44.2 Å². The largest absolute Gasteiger partial charge is 0.457 e. The molecule has 1 aliphatic heterocycles. The summed E-state index contributed by atoms with van der Waals surface area (Å²) in [5.74, 6) is 1.51. The topological polar surface area (TPSA) is 41.9 Å². The van der Waals surface area contributed by atoms with E-state index >= 15 is 0 Å². The zero-order chi connectivity index (χ0) is 19.0. The van der Waals surface area contributed by atoms with Gasteiger partial charge in [-0.25, -0.2) is 0 Å². The second-order valence-corrected chi connectivity index (χ2v) is 7.23. The third kappa shape index (κ3) is 5.10. The SMILES string of the molecule is COCCCC[C@](O)(c1ccccc1Oc1ccccc1)N1CCCCC1. The number of ether oxygens (including phenoxy) is 2. The summed E-state index contributed by atoms with van der Waals surface area (Å²) in [6.45, 7) is 2.55. The molecule has 27 heavy (non-hydrogen) atoms. The highest BCUT2D eigenvalue weighted by Crippen LogP contribution is 2.40. The number of hydrogen-bond acceptors (Lipinski definition) is 4. The van der Waals surface area contributed by atoms with Crippen molar-refractivity contribution in [2.24, 2.45) is 0 Å². The van der Waals surface area contributed by atoms with Crippen LogP contribution in [0.15, 0.2) is 54.6 Å². The number of likely N-dealkylation sites (tertiary alicyclic amines) is 1. The molecule has 2 aromatic carbocycles. The molecular formula is C23H31NO3. The van der Waals surface area contributed by atoms with Crippen molar-refractivity contribution in [1.29, 1.82) is 0 Å². The minimum Gasteiger partial charge on any atom is -0.457 e. The maximum atomic E-state index is 11.9. The standard InChI is InChI=1S/C23H31NO3/c1-26-19-11-8-16-23(25,24-17-9-3-10-18-24)21-14-6-7-15-22(21)27-20-12-4-2-5-13-20/h2,4-7,12-15,25H,3,8-11,16-19H2,1H3/t23-/m0/s1. The predicted octanol–water partition coefficient (Wildman–Crippen LogP) is 4.93. The fraction of sp³-hybridized carbons (Fsp3) is 0.478. The Morgan fingerprint density at radius 3 is 2.37 bits per heavy atom. The van der Waals surface area contributed by atoms with E-state index in [9.17, 15) is 5.11 Å². The highest BCUT2D eigenvalue weighted by Gasteiger charge is 2.38. The molecule has 1 fully saturated rings. The van der Waals surface area contributed by atoms with E-state index in [2.05, 4.69) is 4.90 Å². The van der Waals surface area contributed by atoms with Crippen LogP contribution in [-0.2, 0) is 10.5 Å². The molecule has 3 rings (SSSR count). The molecule has 0 unspecified atom stereocenters. The number of nitrogens with zero attached hydrogens (tertiary/aromatic N) is 1. The first-order valence-electron chi connectivity index (χ1n) is 10.0. The third-order valence-corrected chi connectivity index (χ3v) is 5.29. The Morgan fingerprint density at radius 1 is 0.926 bits per heavy atom. The van der Waals surface area contributed by atoms with Crippen LogP contribution in [0.3, 0.4) is 0 Å². The van der Waals surface area contributed by atoms with Gasteiger partial charge in [-0.15, -0.1) is 0 Å². The van der Waals surface area contributed by atoms with E-state index in [4.69, 9.17) is 9.47 Å². The van der Waals surface area contributed by atoms with Gasteiger partial charge in [0, 0.05) is 32.4 Å². The zero-order valence-electron chi connectivity index (χ0n) is 16.3. The van der Waals surface area contributed by atoms with Crippen LogP contribution in [-0.4, -0.2) is 36.8 Å². The predicted molar refractivity (Wildman–Crippen MR) is 108 cm³/mol. The van der Waals surface area contributed by atoms with E-state index in [0.717, 1.165) is 62.4 Å². The summed E-state index contributed by atoms with van der Waals surface area (Å²) in [5.41, 5.74) is -0.160. The lowest BCUT2D eigenvalue weighted by molar-refractivity contribution is -0.132. The second kappa shape index (κ2) is 9.88. The molecule has 0 saturated carbocycles. The van der Waals surface area contributed by atoms with Gasteiger partial charge in [0.2, 0.25) is 0 Å². The van der Waals surface area contributed by atoms with Gasteiger partial charge < -0.3 is 14.6 Å². The van der Waals surface area contributed by atoms with Crippen LogP contribution >= 0.6 is 0 Å². The number of para-hydroxylation sites is 2. The smallest absolute Gasteiger partial charge is 0.148 e. The molecule has 146 valence electrons. The van der Waals surface area contributed by atoms with E-state index in [1.807, 2.05) is 54.6 Å². The van der Waals surface area contributed by atoms with Crippen LogP contribution in [0.5, 0.6) is 11.5 Å². The van der Waals surface area contributed by atoms with Gasteiger partial charge in [0.1, 0.15) is 17.2 Å². The Labute approximate surface area is 162 Å². The number of hydrogen-bond donors (Lipinski definition) is 1. The average Bonchev–Trinajstić information content (AvgIpc) is 2.73. The summed E-state index contributed by atoms with van der Waals surface area (Å²) in [4.78, 5) is 2.23. The molecule has 4 nitrogen and oxygen atoms in total. The third-order valence-electron chi connectivity index (χ3n) is 5.29. The van der Waals surface area contributed by atoms with Gasteiger partial charge in [-0.2, -0.15) is 0 Å². The maximum absolute atomic E-state index is 11.9. The van der Waals surface area contributed by atoms with Crippen molar-refractivity contribution in [3.63, 3.8) is 0 Å². The van der Waals surface area contributed by atoms with E-state index in [1.165, 1.54) is 6.42 Å². The van der Waals surface area contributed by atoms with Crippen LogP contribution in [0.4, 0.5) is 0 Å². The first-order chi connectivity index (χ1) is 13.2. The summed E-state index contributed by atoms with van der Waals surface area (Å²) >= 11 is 0. The van der Waals surface area contributed by atoms with Crippen molar-refractivity contribution in [2.75, 3.05) is 26.8 Å². The van der Waals surface area contributed by atoms with Gasteiger partial charge in [-0.3, -0.25) is 4.90 Å². The summed E-state index contributed by atoms with van der Waals surface area (Å²) in [7, 11) is 1.72. The molecular weight excluding hydrogens is 338 g/mol. The van der Waals surface area contributed by atoms with E-state index in [-0.39, 0.29) is 0 Å². The first-order valence-corrected chi connectivity index (χ1v) is 10.0. The Balaban J connectivity index is 1.88. The lowest BCUT2D eigenvalue weighted by atomic mass is 9.92. The number of methoxy groups -OCH3 is 1. The van der Waals surface area contributed by atoms with Crippen LogP contribution in [0.1, 0.15) is 44.1 Å². The van der Waals surface area contributed by atoms with Crippen molar-refractivity contribution < 1.29 is 14.6 Å². The molecule has 1 aliphatic rings. The lowest BCUT2D eigenvalue weighted by Crippen LogP contribution is -2.48. The Hall–Kier alpha value is -1.88. The van der Waals surface area contributed by atoms with Crippen molar-refractivity contribution >= 4 is 0 Å². The summed E-state index contributed by atoms with van der Waals surface area (Å²) in [6.07, 6.45) is 6.00. The molecule has 0 spiro atoms. The molecule has 1 N–H and O–H groups in total. The molecule has 4 heteroatoms. The molecule has 0 amide bonds. The Morgan fingerprint density at radius 2 is 1.63 bits per heavy atom.